The van der Waals surface area contributed by atoms with Crippen molar-refractivity contribution in [2.45, 2.75) is 45.4 Å². The van der Waals surface area contributed by atoms with Gasteiger partial charge < -0.3 is 14.6 Å². The molecule has 0 aromatic carbocycles. The SMILES string of the molecule is Cc1c(CNC2CCOC(C)C2)cc(C#N)n1C. The van der Waals surface area contributed by atoms with Crippen molar-refractivity contribution in [1.29, 1.82) is 5.26 Å². The largest absolute Gasteiger partial charge is 0.378 e. The highest BCUT2D eigenvalue weighted by Crippen LogP contribution is 2.16. The molecule has 98 valence electrons. The van der Waals surface area contributed by atoms with Gasteiger partial charge in [0.15, 0.2) is 0 Å². The Balaban J connectivity index is 1.96. The fraction of sp³-hybridized carbons (Fsp3) is 0.643. The van der Waals surface area contributed by atoms with Crippen molar-refractivity contribution >= 4 is 0 Å². The second kappa shape index (κ2) is 5.55. The number of rotatable bonds is 3. The van der Waals surface area contributed by atoms with Crippen molar-refractivity contribution in [3.8, 4) is 6.07 Å². The molecule has 0 saturated carbocycles. The number of aromatic nitrogens is 1. The molecule has 18 heavy (non-hydrogen) atoms. The summed E-state index contributed by atoms with van der Waals surface area (Å²) in [5.41, 5.74) is 3.11. The minimum absolute atomic E-state index is 0.350. The van der Waals surface area contributed by atoms with Gasteiger partial charge in [0, 0.05) is 31.9 Å². The number of hydrogen-bond donors (Lipinski definition) is 1. The number of ether oxygens (including phenoxy) is 1. The molecule has 1 fully saturated rings. The molecule has 0 bridgehead atoms. The van der Waals surface area contributed by atoms with Crippen molar-refractivity contribution in [1.82, 2.24) is 9.88 Å². The summed E-state index contributed by atoms with van der Waals surface area (Å²) in [6, 6.07) is 4.72. The molecular weight excluding hydrogens is 226 g/mol. The summed E-state index contributed by atoms with van der Waals surface area (Å²) >= 11 is 0. The lowest BCUT2D eigenvalue weighted by atomic mass is 10.0. The molecule has 1 aliphatic heterocycles. The van der Waals surface area contributed by atoms with Crippen LogP contribution >= 0.6 is 0 Å². The summed E-state index contributed by atoms with van der Waals surface area (Å²) in [5, 5.41) is 12.6. The van der Waals surface area contributed by atoms with Crippen LogP contribution in [0.15, 0.2) is 6.07 Å². The third kappa shape index (κ3) is 2.74. The zero-order valence-electron chi connectivity index (χ0n) is 11.4. The van der Waals surface area contributed by atoms with Crippen LogP contribution in [-0.4, -0.2) is 23.3 Å². The molecule has 1 N–H and O–H groups in total. The normalized spacial score (nSPS) is 23.9. The summed E-state index contributed by atoms with van der Waals surface area (Å²) in [6.07, 6.45) is 2.49. The number of nitrogens with zero attached hydrogens (tertiary/aromatic N) is 2. The monoisotopic (exact) mass is 247 g/mol. The van der Waals surface area contributed by atoms with E-state index in [1.54, 1.807) is 0 Å². The Bertz CT molecular complexity index is 458. The molecule has 1 saturated heterocycles. The van der Waals surface area contributed by atoms with Gasteiger partial charge in [-0.25, -0.2) is 0 Å². The lowest BCUT2D eigenvalue weighted by Crippen LogP contribution is -2.37. The molecule has 0 radical (unpaired) electrons. The highest BCUT2D eigenvalue weighted by Gasteiger charge is 2.19. The first-order valence-electron chi connectivity index (χ1n) is 6.52. The average molecular weight is 247 g/mol. The highest BCUT2D eigenvalue weighted by atomic mass is 16.5. The van der Waals surface area contributed by atoms with Crippen molar-refractivity contribution < 1.29 is 4.74 Å². The van der Waals surface area contributed by atoms with Gasteiger partial charge in [-0.1, -0.05) is 0 Å². The van der Waals surface area contributed by atoms with Crippen molar-refractivity contribution in [2.24, 2.45) is 7.05 Å². The van der Waals surface area contributed by atoms with Gasteiger partial charge >= 0.3 is 0 Å². The van der Waals surface area contributed by atoms with Crippen LogP contribution in [0.1, 0.15) is 36.7 Å². The van der Waals surface area contributed by atoms with Crippen molar-refractivity contribution in [3.05, 3.63) is 23.0 Å². The summed E-state index contributed by atoms with van der Waals surface area (Å²) < 4.78 is 7.49. The first-order valence-corrected chi connectivity index (χ1v) is 6.52. The van der Waals surface area contributed by atoms with Crippen LogP contribution in [0.3, 0.4) is 0 Å². The molecule has 2 heterocycles. The lowest BCUT2D eigenvalue weighted by Gasteiger charge is -2.28. The minimum atomic E-state index is 0.350. The molecule has 2 atom stereocenters. The molecule has 2 rings (SSSR count). The molecule has 4 heteroatoms. The van der Waals surface area contributed by atoms with Gasteiger partial charge in [-0.15, -0.1) is 0 Å². The highest BCUT2D eigenvalue weighted by molar-refractivity contribution is 5.34. The third-order valence-corrected chi connectivity index (χ3v) is 3.82. The lowest BCUT2D eigenvalue weighted by molar-refractivity contribution is 0.0130. The molecule has 4 nitrogen and oxygen atoms in total. The summed E-state index contributed by atoms with van der Waals surface area (Å²) in [4.78, 5) is 0. The maximum atomic E-state index is 9.00. The van der Waals surface area contributed by atoms with Gasteiger partial charge in [0.2, 0.25) is 0 Å². The molecule has 0 aliphatic carbocycles. The van der Waals surface area contributed by atoms with Gasteiger partial charge in [-0.05, 0) is 38.3 Å². The number of nitrogens with one attached hydrogen (secondary N) is 1. The third-order valence-electron chi connectivity index (χ3n) is 3.82. The quantitative estimate of drug-likeness (QED) is 0.887. The smallest absolute Gasteiger partial charge is 0.120 e. The Hall–Kier alpha value is -1.31. The van der Waals surface area contributed by atoms with E-state index in [4.69, 9.17) is 10.00 Å². The Morgan fingerprint density at radius 3 is 3.00 bits per heavy atom. The van der Waals surface area contributed by atoms with Gasteiger partial charge in [0.25, 0.3) is 0 Å². The van der Waals surface area contributed by atoms with E-state index >= 15 is 0 Å². The Labute approximate surface area is 109 Å². The predicted molar refractivity (Wildman–Crippen MR) is 70.1 cm³/mol. The Morgan fingerprint density at radius 2 is 2.39 bits per heavy atom. The van der Waals surface area contributed by atoms with E-state index in [2.05, 4.69) is 25.2 Å². The van der Waals surface area contributed by atoms with Crippen LogP contribution in [-0.2, 0) is 18.3 Å². The van der Waals surface area contributed by atoms with E-state index in [-0.39, 0.29) is 0 Å². The van der Waals surface area contributed by atoms with Crippen LogP contribution in [0.25, 0.3) is 0 Å². The maximum absolute atomic E-state index is 9.00. The summed E-state index contributed by atoms with van der Waals surface area (Å²) in [7, 11) is 1.94. The fourth-order valence-corrected chi connectivity index (χ4v) is 2.49. The molecule has 1 aromatic rings. The van der Waals surface area contributed by atoms with E-state index in [1.165, 1.54) is 11.3 Å². The fourth-order valence-electron chi connectivity index (χ4n) is 2.49. The van der Waals surface area contributed by atoms with Crippen LogP contribution in [0, 0.1) is 18.3 Å². The topological polar surface area (TPSA) is 50.0 Å². The zero-order chi connectivity index (χ0) is 13.1. The van der Waals surface area contributed by atoms with Gasteiger partial charge in [0.05, 0.1) is 6.10 Å². The predicted octanol–water partition coefficient (Wildman–Crippen LogP) is 1.86. The summed E-state index contributed by atoms with van der Waals surface area (Å²) in [6.45, 7) is 5.86. The van der Waals surface area contributed by atoms with Gasteiger partial charge in [0.1, 0.15) is 11.8 Å². The van der Waals surface area contributed by atoms with Crippen molar-refractivity contribution in [3.63, 3.8) is 0 Å². The second-order valence-electron chi connectivity index (χ2n) is 5.09. The van der Waals surface area contributed by atoms with Gasteiger partial charge in [-0.2, -0.15) is 5.26 Å². The molecule has 0 spiro atoms. The average Bonchev–Trinajstić information content (AvgIpc) is 2.64. The standard InChI is InChI=1S/C14H21N3O/c1-10-6-13(4-5-18-10)16-9-12-7-14(8-15)17(3)11(12)2/h7,10,13,16H,4-6,9H2,1-3H3. The first-order chi connectivity index (χ1) is 8.61. The summed E-state index contributed by atoms with van der Waals surface area (Å²) in [5.74, 6) is 0. The molecule has 0 amide bonds. The van der Waals surface area contributed by atoms with E-state index in [0.29, 0.717) is 12.1 Å². The molecule has 2 unspecified atom stereocenters. The first kappa shape index (κ1) is 13.1. The maximum Gasteiger partial charge on any atom is 0.120 e. The number of nitriles is 1. The van der Waals surface area contributed by atoms with Crippen LogP contribution < -0.4 is 5.32 Å². The molecule has 1 aromatic heterocycles. The Kier molecular flexibility index (Phi) is 4.05. The van der Waals surface area contributed by atoms with Crippen molar-refractivity contribution in [2.75, 3.05) is 6.61 Å². The van der Waals surface area contributed by atoms with E-state index in [1.807, 2.05) is 17.7 Å². The van der Waals surface area contributed by atoms with E-state index < -0.39 is 0 Å². The van der Waals surface area contributed by atoms with Gasteiger partial charge in [-0.3, -0.25) is 0 Å². The minimum Gasteiger partial charge on any atom is -0.378 e. The zero-order valence-corrected chi connectivity index (χ0v) is 11.4. The molecule has 1 aliphatic rings. The van der Waals surface area contributed by atoms with Crippen LogP contribution in [0.2, 0.25) is 0 Å². The Morgan fingerprint density at radius 1 is 1.61 bits per heavy atom. The van der Waals surface area contributed by atoms with Crippen LogP contribution in [0.4, 0.5) is 0 Å². The molecular formula is C14H21N3O. The van der Waals surface area contributed by atoms with E-state index in [0.717, 1.165) is 31.7 Å². The van der Waals surface area contributed by atoms with Crippen LogP contribution in [0.5, 0.6) is 0 Å². The van der Waals surface area contributed by atoms with E-state index in [9.17, 15) is 0 Å². The second-order valence-corrected chi connectivity index (χ2v) is 5.09. The number of hydrogen-bond acceptors (Lipinski definition) is 3.